The van der Waals surface area contributed by atoms with E-state index in [0.29, 0.717) is 31.4 Å². The fourth-order valence-electron chi connectivity index (χ4n) is 6.64. The third-order valence-electron chi connectivity index (χ3n) is 9.77. The number of fused-ring (bicyclic) bond motifs is 1. The van der Waals surface area contributed by atoms with E-state index in [0.717, 1.165) is 29.2 Å². The molecule has 6 amide bonds. The van der Waals surface area contributed by atoms with Gasteiger partial charge in [-0.2, -0.15) is 0 Å². The molecule has 16 nitrogen and oxygen atoms in total. The molecule has 0 aliphatic carbocycles. The summed E-state index contributed by atoms with van der Waals surface area (Å²) in [5.41, 5.74) is 6.84. The first-order valence-electron chi connectivity index (χ1n) is 19.4. The number of phenolic OH excluding ortho intramolecular Hbond substituents is 1. The molecular formula is C41H55N9O7. The Morgan fingerprint density at radius 2 is 1.42 bits per heavy atom. The summed E-state index contributed by atoms with van der Waals surface area (Å²) in [6, 6.07) is 15.1. The average molecular weight is 786 g/mol. The molecule has 3 aromatic carbocycles. The monoisotopic (exact) mass is 785 g/mol. The summed E-state index contributed by atoms with van der Waals surface area (Å²) >= 11 is 0. The first-order chi connectivity index (χ1) is 27.3. The number of hydrogen-bond donors (Lipinski definition) is 9. The van der Waals surface area contributed by atoms with Gasteiger partial charge in [0.15, 0.2) is 5.96 Å². The minimum Gasteiger partial charge on any atom is -0.508 e. The SMILES string of the molecule is CC(=O)NCCCCCCN1C(=O)[C@@H](Cc2ccc(O)cc2)NC(=O)CNC(=O)[C@H](Cc2ccc3ccccc3c2)NC(=O)[C@H](CCCNC(=N)N)NC(=O)[C@H]1C. The standard InChI is InChI=1S/C41H55N9O7/c1-26-37(54)48-33(12-9-20-45-41(42)43)39(56)49-34(24-29-13-16-30-10-5-6-11-31(30)22-29)38(55)46-25-36(53)47-35(23-28-14-17-32(52)18-15-28)40(57)50(26)21-8-4-3-7-19-44-27(2)51/h5-6,10-11,13-18,22,26,33-35,52H,3-4,7-9,12,19-21,23-25H2,1-2H3,(H,44,51)(H,46,55)(H,47,53)(H,48,54)(H,49,56)(H4,42,43,45)/t26-,33+,34+,35-/m1/s1. The van der Waals surface area contributed by atoms with Gasteiger partial charge in [-0.05, 0) is 66.6 Å². The van der Waals surface area contributed by atoms with Crippen molar-refractivity contribution < 1.29 is 33.9 Å². The van der Waals surface area contributed by atoms with Crippen molar-refractivity contribution in [2.45, 2.75) is 89.4 Å². The maximum atomic E-state index is 14.5. The lowest BCUT2D eigenvalue weighted by molar-refractivity contribution is -0.143. The van der Waals surface area contributed by atoms with Gasteiger partial charge in [0.1, 0.15) is 29.9 Å². The van der Waals surface area contributed by atoms with Gasteiger partial charge in [0.25, 0.3) is 0 Å². The van der Waals surface area contributed by atoms with Crippen molar-refractivity contribution in [1.29, 1.82) is 5.41 Å². The molecule has 0 radical (unpaired) electrons. The van der Waals surface area contributed by atoms with Crippen molar-refractivity contribution in [3.05, 3.63) is 77.9 Å². The Morgan fingerprint density at radius 3 is 2.14 bits per heavy atom. The lowest BCUT2D eigenvalue weighted by Crippen LogP contribution is -2.58. The van der Waals surface area contributed by atoms with Gasteiger partial charge in [-0.1, -0.05) is 67.4 Å². The number of unbranched alkanes of at least 4 members (excludes halogenated alkanes) is 3. The number of nitrogens with two attached hydrogens (primary N) is 1. The van der Waals surface area contributed by atoms with Gasteiger partial charge in [0.2, 0.25) is 35.4 Å². The number of hydrogen-bond acceptors (Lipinski definition) is 8. The van der Waals surface area contributed by atoms with E-state index >= 15 is 0 Å². The Labute approximate surface area is 332 Å². The van der Waals surface area contributed by atoms with Crippen molar-refractivity contribution >= 4 is 52.2 Å². The molecule has 0 unspecified atom stereocenters. The van der Waals surface area contributed by atoms with Crippen LogP contribution in [0.2, 0.25) is 0 Å². The van der Waals surface area contributed by atoms with Gasteiger partial charge in [-0.15, -0.1) is 0 Å². The van der Waals surface area contributed by atoms with Crippen LogP contribution in [0.15, 0.2) is 66.7 Å². The van der Waals surface area contributed by atoms with Gasteiger partial charge in [0, 0.05) is 39.4 Å². The summed E-state index contributed by atoms with van der Waals surface area (Å²) in [5.74, 6) is -3.44. The van der Waals surface area contributed by atoms with Gasteiger partial charge < -0.3 is 47.6 Å². The van der Waals surface area contributed by atoms with Crippen molar-refractivity contribution in [1.82, 2.24) is 36.8 Å². The van der Waals surface area contributed by atoms with Crippen LogP contribution in [0.1, 0.15) is 63.5 Å². The van der Waals surface area contributed by atoms with E-state index in [9.17, 15) is 33.9 Å². The smallest absolute Gasteiger partial charge is 0.246 e. The van der Waals surface area contributed by atoms with Crippen molar-refractivity contribution in [3.8, 4) is 5.75 Å². The van der Waals surface area contributed by atoms with Crippen LogP contribution in [0.5, 0.6) is 5.75 Å². The van der Waals surface area contributed by atoms with Crippen molar-refractivity contribution in [3.63, 3.8) is 0 Å². The number of phenols is 1. The van der Waals surface area contributed by atoms with E-state index in [1.54, 1.807) is 19.1 Å². The zero-order valence-electron chi connectivity index (χ0n) is 32.6. The first-order valence-corrected chi connectivity index (χ1v) is 19.4. The first kappa shape index (κ1) is 43.5. The van der Waals surface area contributed by atoms with E-state index < -0.39 is 60.2 Å². The molecule has 57 heavy (non-hydrogen) atoms. The summed E-state index contributed by atoms with van der Waals surface area (Å²) in [6.07, 6.45) is 3.22. The number of amides is 6. The number of rotatable bonds is 15. The largest absolute Gasteiger partial charge is 0.508 e. The van der Waals surface area contributed by atoms with Gasteiger partial charge >= 0.3 is 0 Å². The van der Waals surface area contributed by atoms with Crippen molar-refractivity contribution in [2.75, 3.05) is 26.2 Å². The van der Waals surface area contributed by atoms with Crippen LogP contribution >= 0.6 is 0 Å². The van der Waals surface area contributed by atoms with Crippen LogP contribution in [-0.2, 0) is 41.6 Å². The van der Waals surface area contributed by atoms with Gasteiger partial charge in [0.05, 0.1) is 6.54 Å². The minimum atomic E-state index is -1.15. The molecule has 0 aromatic heterocycles. The molecule has 306 valence electrons. The molecule has 1 fully saturated rings. The van der Waals surface area contributed by atoms with E-state index in [-0.39, 0.29) is 50.0 Å². The van der Waals surface area contributed by atoms with E-state index in [2.05, 4.69) is 31.9 Å². The third kappa shape index (κ3) is 14.1. The predicted octanol–water partition coefficient (Wildman–Crippen LogP) is 1.09. The fourth-order valence-corrected chi connectivity index (χ4v) is 6.64. The summed E-state index contributed by atoms with van der Waals surface area (Å²) < 4.78 is 0. The third-order valence-corrected chi connectivity index (χ3v) is 9.77. The Balaban J connectivity index is 1.65. The second kappa shape index (κ2) is 21.8. The number of guanidine groups is 1. The summed E-state index contributed by atoms with van der Waals surface area (Å²) in [7, 11) is 0. The highest BCUT2D eigenvalue weighted by atomic mass is 16.3. The van der Waals surface area contributed by atoms with Crippen molar-refractivity contribution in [2.24, 2.45) is 5.73 Å². The maximum Gasteiger partial charge on any atom is 0.246 e. The molecule has 4 rings (SSSR count). The Kier molecular flexibility index (Phi) is 16.6. The average Bonchev–Trinajstić information content (AvgIpc) is 3.18. The van der Waals surface area contributed by atoms with Gasteiger partial charge in [-0.25, -0.2) is 0 Å². The molecule has 16 heteroatoms. The molecular weight excluding hydrogens is 731 g/mol. The molecule has 1 heterocycles. The summed E-state index contributed by atoms with van der Waals surface area (Å²) in [5, 5.41) is 35.7. The normalized spacial score (nSPS) is 19.7. The summed E-state index contributed by atoms with van der Waals surface area (Å²) in [4.78, 5) is 82.5. The number of carbonyl (C=O) groups excluding carboxylic acids is 6. The zero-order valence-corrected chi connectivity index (χ0v) is 32.6. The van der Waals surface area contributed by atoms with E-state index in [1.165, 1.54) is 24.0 Å². The van der Waals surface area contributed by atoms with Crippen LogP contribution in [0.3, 0.4) is 0 Å². The van der Waals surface area contributed by atoms with Crippen LogP contribution in [-0.4, -0.2) is 102 Å². The number of nitrogens with zero attached hydrogens (tertiary/aromatic N) is 1. The number of nitrogens with one attached hydrogen (secondary N) is 7. The van der Waals surface area contributed by atoms with Gasteiger partial charge in [-0.3, -0.25) is 34.2 Å². The molecule has 3 aromatic rings. The lowest BCUT2D eigenvalue weighted by Gasteiger charge is -2.33. The molecule has 1 aliphatic heterocycles. The van der Waals surface area contributed by atoms with Crippen LogP contribution in [0, 0.1) is 5.41 Å². The fraction of sp³-hybridized carbons (Fsp3) is 0.439. The number of carbonyl (C=O) groups is 6. The number of aromatic hydroxyl groups is 1. The zero-order chi connectivity index (χ0) is 41.3. The quantitative estimate of drug-likeness (QED) is 0.0607. The second-order valence-corrected chi connectivity index (χ2v) is 14.3. The highest BCUT2D eigenvalue weighted by Gasteiger charge is 2.35. The van der Waals surface area contributed by atoms with Crippen LogP contribution in [0.4, 0.5) is 0 Å². The highest BCUT2D eigenvalue weighted by Crippen LogP contribution is 2.18. The maximum absolute atomic E-state index is 14.5. The molecule has 1 saturated heterocycles. The highest BCUT2D eigenvalue weighted by molar-refractivity contribution is 5.97. The Morgan fingerprint density at radius 1 is 0.772 bits per heavy atom. The van der Waals surface area contributed by atoms with Crippen LogP contribution < -0.4 is 37.6 Å². The Bertz CT molecular complexity index is 1890. The van der Waals surface area contributed by atoms with Crippen LogP contribution in [0.25, 0.3) is 10.8 Å². The Hall–Kier alpha value is -6.19. The number of benzene rings is 3. The summed E-state index contributed by atoms with van der Waals surface area (Å²) in [6.45, 7) is 3.42. The molecule has 4 atom stereocenters. The molecule has 0 saturated carbocycles. The minimum absolute atomic E-state index is 0.0246. The molecule has 0 bridgehead atoms. The molecule has 1 aliphatic rings. The second-order valence-electron chi connectivity index (χ2n) is 14.3. The molecule has 10 N–H and O–H groups in total. The van der Waals surface area contributed by atoms with E-state index in [1.807, 2.05) is 42.5 Å². The lowest BCUT2D eigenvalue weighted by atomic mass is 10.0. The van der Waals surface area contributed by atoms with E-state index in [4.69, 9.17) is 11.1 Å². The topological polar surface area (TPSA) is 248 Å². The molecule has 0 spiro atoms. The predicted molar refractivity (Wildman–Crippen MR) is 216 cm³/mol.